The highest BCUT2D eigenvalue weighted by Crippen LogP contribution is 2.16. The second-order valence-electron chi connectivity index (χ2n) is 7.44. The number of methoxy groups -OCH3 is 1. The summed E-state index contributed by atoms with van der Waals surface area (Å²) in [6, 6.07) is 15.5. The number of nitrogens with zero attached hydrogens (tertiary/aromatic N) is 2. The molecule has 1 aromatic heterocycles. The maximum atomic E-state index is 13.5. The van der Waals surface area contributed by atoms with E-state index in [0.717, 1.165) is 33.6 Å². The largest absolute Gasteiger partial charge is 0.383 e. The standard InChI is InChI=1S/C25H25N3O3S/c1-16-8-10-19(11-9-16)14-21-24(30)28(22-17(2)6-5-7-18(22)3)25(32-21)20(15-26)23(29)27-12-13-31-4/h5-11,14H,12-13H2,1-4H3,(H,27,29)/b21-14-,25-20-. The number of ether oxygens (including phenoxy) is 1. The van der Waals surface area contributed by atoms with Gasteiger partial charge in [0.1, 0.15) is 10.7 Å². The summed E-state index contributed by atoms with van der Waals surface area (Å²) in [5.74, 6) is -0.535. The third-order valence-corrected chi connectivity index (χ3v) is 6.10. The van der Waals surface area contributed by atoms with Crippen molar-refractivity contribution in [1.29, 1.82) is 5.26 Å². The van der Waals surface area contributed by atoms with Gasteiger partial charge >= 0.3 is 0 Å². The fourth-order valence-electron chi connectivity index (χ4n) is 3.38. The van der Waals surface area contributed by atoms with Crippen LogP contribution >= 0.6 is 11.3 Å². The van der Waals surface area contributed by atoms with Crippen LogP contribution in [0, 0.1) is 32.1 Å². The number of rotatable bonds is 6. The molecule has 3 aromatic rings. The average molecular weight is 448 g/mol. The Hall–Kier alpha value is -3.47. The Bertz CT molecular complexity index is 1340. The topological polar surface area (TPSA) is 84.1 Å². The lowest BCUT2D eigenvalue weighted by atomic mass is 10.1. The van der Waals surface area contributed by atoms with Gasteiger partial charge in [0.05, 0.1) is 16.8 Å². The van der Waals surface area contributed by atoms with E-state index in [2.05, 4.69) is 5.32 Å². The number of thiazole rings is 1. The first-order valence-corrected chi connectivity index (χ1v) is 11.0. The molecule has 6 nitrogen and oxygen atoms in total. The van der Waals surface area contributed by atoms with Crippen molar-refractivity contribution >= 4 is 28.9 Å². The quantitative estimate of drug-likeness (QED) is 0.587. The van der Waals surface area contributed by atoms with Gasteiger partial charge in [-0.1, -0.05) is 48.0 Å². The maximum Gasteiger partial charge on any atom is 0.273 e. The zero-order valence-corrected chi connectivity index (χ0v) is 19.4. The number of carbonyl (C=O) groups excluding carboxylic acids is 1. The van der Waals surface area contributed by atoms with Crippen LogP contribution < -0.4 is 20.1 Å². The number of hydrogen-bond donors (Lipinski definition) is 1. The van der Waals surface area contributed by atoms with Gasteiger partial charge in [0.15, 0.2) is 5.57 Å². The smallest absolute Gasteiger partial charge is 0.273 e. The molecule has 0 saturated heterocycles. The van der Waals surface area contributed by atoms with Crippen LogP contribution in [0.25, 0.3) is 17.3 Å². The summed E-state index contributed by atoms with van der Waals surface area (Å²) in [6.07, 6.45) is 1.79. The summed E-state index contributed by atoms with van der Waals surface area (Å²) >= 11 is 1.14. The summed E-state index contributed by atoms with van der Waals surface area (Å²) in [6.45, 7) is 6.40. The zero-order chi connectivity index (χ0) is 23.3. The number of nitrogens with one attached hydrogen (secondary N) is 1. The first-order chi connectivity index (χ1) is 15.4. The molecule has 1 heterocycles. The molecule has 0 unspecified atom stereocenters. The van der Waals surface area contributed by atoms with Gasteiger partial charge in [-0.05, 0) is 43.5 Å². The minimum atomic E-state index is -0.535. The van der Waals surface area contributed by atoms with Crippen molar-refractivity contribution in [3.8, 4) is 11.8 Å². The predicted molar refractivity (Wildman–Crippen MR) is 127 cm³/mol. The monoisotopic (exact) mass is 447 g/mol. The van der Waals surface area contributed by atoms with Gasteiger partial charge in [0.25, 0.3) is 11.5 Å². The van der Waals surface area contributed by atoms with E-state index in [9.17, 15) is 14.9 Å². The molecule has 3 rings (SSSR count). The highest BCUT2D eigenvalue weighted by atomic mass is 32.1. The van der Waals surface area contributed by atoms with Crippen LogP contribution in [0.2, 0.25) is 0 Å². The Kier molecular flexibility index (Phi) is 7.41. The molecule has 0 atom stereocenters. The van der Waals surface area contributed by atoms with E-state index in [0.29, 0.717) is 21.5 Å². The SMILES string of the molecule is COCCNC(=O)/C(C#N)=c1\s/c(=C\c2ccc(C)cc2)c(=O)n1-c1c(C)cccc1C. The van der Waals surface area contributed by atoms with E-state index < -0.39 is 5.91 Å². The molecule has 164 valence electrons. The van der Waals surface area contributed by atoms with Crippen LogP contribution in [0.15, 0.2) is 47.3 Å². The number of para-hydroxylation sites is 1. The number of aryl methyl sites for hydroxylation is 3. The van der Waals surface area contributed by atoms with E-state index in [1.54, 1.807) is 6.08 Å². The normalized spacial score (nSPS) is 12.4. The minimum absolute atomic E-state index is 0.102. The molecule has 7 heteroatoms. The van der Waals surface area contributed by atoms with Crippen LogP contribution in [0.3, 0.4) is 0 Å². The predicted octanol–water partition coefficient (Wildman–Crippen LogP) is 2.09. The fourth-order valence-corrected chi connectivity index (χ4v) is 4.46. The lowest BCUT2D eigenvalue weighted by Gasteiger charge is -2.11. The van der Waals surface area contributed by atoms with Gasteiger partial charge in [-0.25, -0.2) is 0 Å². The molecule has 0 saturated carbocycles. The number of carbonyl (C=O) groups is 1. The molecular weight excluding hydrogens is 422 g/mol. The summed E-state index contributed by atoms with van der Waals surface area (Å²) < 4.78 is 7.22. The molecule has 2 aromatic carbocycles. The fraction of sp³-hybridized carbons (Fsp3) is 0.240. The van der Waals surface area contributed by atoms with Gasteiger partial charge in [-0.2, -0.15) is 5.26 Å². The number of amides is 1. The maximum absolute atomic E-state index is 13.5. The third kappa shape index (κ3) is 4.88. The van der Waals surface area contributed by atoms with Crippen molar-refractivity contribution in [1.82, 2.24) is 9.88 Å². The number of nitriles is 1. The minimum Gasteiger partial charge on any atom is -0.383 e. The van der Waals surface area contributed by atoms with Crippen LogP contribution in [-0.4, -0.2) is 30.7 Å². The first-order valence-electron chi connectivity index (χ1n) is 10.2. The van der Waals surface area contributed by atoms with Gasteiger partial charge in [0.2, 0.25) is 0 Å². The average Bonchev–Trinajstić information content (AvgIpc) is 3.06. The lowest BCUT2D eigenvalue weighted by Crippen LogP contribution is -2.35. The van der Waals surface area contributed by atoms with Gasteiger partial charge in [-0.15, -0.1) is 11.3 Å². The van der Waals surface area contributed by atoms with E-state index in [4.69, 9.17) is 4.74 Å². The van der Waals surface area contributed by atoms with Gasteiger partial charge in [0, 0.05) is 13.7 Å². The second kappa shape index (κ2) is 10.2. The molecule has 1 N–H and O–H groups in total. The Morgan fingerprint density at radius 1 is 1.16 bits per heavy atom. The van der Waals surface area contributed by atoms with E-state index in [1.165, 1.54) is 11.7 Å². The van der Waals surface area contributed by atoms with E-state index in [1.807, 2.05) is 69.3 Å². The van der Waals surface area contributed by atoms with Crippen LogP contribution in [0.1, 0.15) is 22.3 Å². The molecule has 1 amide bonds. The molecule has 0 aliphatic heterocycles. The first kappa shape index (κ1) is 23.2. The number of aromatic nitrogens is 1. The molecule has 32 heavy (non-hydrogen) atoms. The summed E-state index contributed by atoms with van der Waals surface area (Å²) in [5.41, 5.74) is 4.07. The van der Waals surface area contributed by atoms with Crippen molar-refractivity contribution in [3.05, 3.63) is 84.3 Å². The van der Waals surface area contributed by atoms with Crippen molar-refractivity contribution in [2.75, 3.05) is 20.3 Å². The lowest BCUT2D eigenvalue weighted by molar-refractivity contribution is -0.115. The molecule has 0 bridgehead atoms. The Morgan fingerprint density at radius 2 is 1.81 bits per heavy atom. The molecule has 0 aliphatic rings. The summed E-state index contributed by atoms with van der Waals surface area (Å²) in [7, 11) is 1.53. The molecule has 0 fully saturated rings. The Balaban J connectivity index is 2.35. The molecule has 0 spiro atoms. The van der Waals surface area contributed by atoms with Crippen molar-refractivity contribution in [2.45, 2.75) is 20.8 Å². The second-order valence-corrected chi connectivity index (χ2v) is 8.47. The Morgan fingerprint density at radius 3 is 2.41 bits per heavy atom. The Labute approximate surface area is 190 Å². The van der Waals surface area contributed by atoms with Crippen molar-refractivity contribution < 1.29 is 9.53 Å². The molecule has 0 radical (unpaired) electrons. The molecule has 0 aliphatic carbocycles. The zero-order valence-electron chi connectivity index (χ0n) is 18.6. The van der Waals surface area contributed by atoms with E-state index in [-0.39, 0.29) is 17.7 Å². The van der Waals surface area contributed by atoms with Gasteiger partial charge < -0.3 is 10.1 Å². The molecular formula is C25H25N3O3S. The summed E-state index contributed by atoms with van der Waals surface area (Å²) in [4.78, 5) is 26.3. The highest BCUT2D eigenvalue weighted by Gasteiger charge is 2.18. The third-order valence-electron chi connectivity index (χ3n) is 5.01. The van der Waals surface area contributed by atoms with Crippen LogP contribution in [0.4, 0.5) is 0 Å². The van der Waals surface area contributed by atoms with Crippen molar-refractivity contribution in [3.63, 3.8) is 0 Å². The van der Waals surface area contributed by atoms with Crippen LogP contribution in [-0.2, 0) is 9.53 Å². The number of benzene rings is 2. The van der Waals surface area contributed by atoms with Gasteiger partial charge in [-0.3, -0.25) is 14.2 Å². The highest BCUT2D eigenvalue weighted by molar-refractivity contribution is 7.07. The number of hydrogen-bond acceptors (Lipinski definition) is 5. The summed E-state index contributed by atoms with van der Waals surface area (Å²) in [5, 5.41) is 12.5. The van der Waals surface area contributed by atoms with E-state index >= 15 is 0 Å². The van der Waals surface area contributed by atoms with Crippen LogP contribution in [0.5, 0.6) is 0 Å². The van der Waals surface area contributed by atoms with Crippen molar-refractivity contribution in [2.24, 2.45) is 0 Å².